The Bertz CT molecular complexity index is 796. The Morgan fingerprint density at radius 2 is 1.90 bits per heavy atom. The van der Waals surface area contributed by atoms with Crippen LogP contribution in [-0.2, 0) is 14.3 Å². The van der Waals surface area contributed by atoms with E-state index in [4.69, 9.17) is 4.74 Å². The molecule has 1 fully saturated rings. The second kappa shape index (κ2) is 7.57. The third kappa shape index (κ3) is 2.87. The number of ether oxygens (including phenoxy) is 1. The molecule has 1 saturated carbocycles. The highest BCUT2D eigenvalue weighted by Crippen LogP contribution is 2.62. The molecule has 0 aromatic heterocycles. The molecule has 0 amide bonds. The molecule has 7 atom stereocenters. The van der Waals surface area contributed by atoms with Crippen molar-refractivity contribution in [3.63, 3.8) is 0 Å². The lowest BCUT2D eigenvalue weighted by atomic mass is 9.59. The van der Waals surface area contributed by atoms with Crippen LogP contribution in [0.2, 0.25) is 0 Å². The van der Waals surface area contributed by atoms with E-state index >= 15 is 0 Å². The number of hydrogen-bond acceptors (Lipinski definition) is 6. The fourth-order valence-corrected chi connectivity index (χ4v) is 6.05. The number of aliphatic hydroxyl groups excluding tert-OH is 2. The zero-order valence-electron chi connectivity index (χ0n) is 18.9. The highest BCUT2D eigenvalue weighted by Gasteiger charge is 2.72. The van der Waals surface area contributed by atoms with Crippen LogP contribution in [0.1, 0.15) is 60.8 Å². The predicted octanol–water partition coefficient (Wildman–Crippen LogP) is 2.56. The maximum atomic E-state index is 14.2. The zero-order valence-corrected chi connectivity index (χ0v) is 18.9. The average Bonchev–Trinajstić information content (AvgIpc) is 2.84. The second-order valence-corrected chi connectivity index (χ2v) is 10.2. The Balaban J connectivity index is 2.28. The SMILES string of the molecule is CCCC(=O)OC1C(C)=CC23C(=O)C(C=C(CO)[C@@H](O)C12O)C(C)(C)C(C)C[C@H]3C. The second-order valence-electron chi connectivity index (χ2n) is 10.2. The quantitative estimate of drug-likeness (QED) is 0.477. The first-order valence-corrected chi connectivity index (χ1v) is 11.0. The van der Waals surface area contributed by atoms with Crippen molar-refractivity contribution in [2.75, 3.05) is 6.61 Å². The normalized spacial score (nSPS) is 42.6. The molecule has 6 nitrogen and oxygen atoms in total. The average molecular weight is 421 g/mol. The van der Waals surface area contributed by atoms with Crippen LogP contribution in [0.3, 0.4) is 0 Å². The number of carbonyl (C=O) groups excluding carboxylic acids is 2. The van der Waals surface area contributed by atoms with E-state index in [2.05, 4.69) is 6.92 Å². The molecule has 0 aromatic carbocycles. The number of ketones is 1. The summed E-state index contributed by atoms with van der Waals surface area (Å²) < 4.78 is 5.68. The summed E-state index contributed by atoms with van der Waals surface area (Å²) in [4.78, 5) is 26.5. The summed E-state index contributed by atoms with van der Waals surface area (Å²) in [6.07, 6.45) is 2.15. The number of fused-ring (bicyclic) bond motifs is 1. The van der Waals surface area contributed by atoms with Crippen LogP contribution in [0.4, 0.5) is 0 Å². The van der Waals surface area contributed by atoms with Gasteiger partial charge in [0.2, 0.25) is 0 Å². The minimum absolute atomic E-state index is 0.159. The van der Waals surface area contributed by atoms with E-state index < -0.39 is 47.1 Å². The number of hydrogen-bond donors (Lipinski definition) is 3. The van der Waals surface area contributed by atoms with Crippen LogP contribution in [0.25, 0.3) is 0 Å². The van der Waals surface area contributed by atoms with Gasteiger partial charge in [-0.3, -0.25) is 9.59 Å². The van der Waals surface area contributed by atoms with Crippen molar-refractivity contribution in [3.8, 4) is 0 Å². The first-order valence-electron chi connectivity index (χ1n) is 11.0. The van der Waals surface area contributed by atoms with Crippen LogP contribution >= 0.6 is 0 Å². The van der Waals surface area contributed by atoms with Crippen LogP contribution in [-0.4, -0.2) is 51.5 Å². The van der Waals surface area contributed by atoms with Crippen molar-refractivity contribution in [1.82, 2.24) is 0 Å². The lowest BCUT2D eigenvalue weighted by Crippen LogP contribution is -2.65. The van der Waals surface area contributed by atoms with Crippen molar-refractivity contribution in [1.29, 1.82) is 0 Å². The number of rotatable bonds is 4. The lowest BCUT2D eigenvalue weighted by molar-refractivity contribution is -0.203. The van der Waals surface area contributed by atoms with Crippen LogP contribution < -0.4 is 0 Å². The van der Waals surface area contributed by atoms with Gasteiger partial charge in [-0.15, -0.1) is 0 Å². The van der Waals surface area contributed by atoms with Crippen LogP contribution in [0, 0.1) is 28.6 Å². The molecule has 3 rings (SSSR count). The van der Waals surface area contributed by atoms with Crippen molar-refractivity contribution < 1.29 is 29.6 Å². The molecule has 3 aliphatic carbocycles. The fraction of sp³-hybridized carbons (Fsp3) is 0.750. The predicted molar refractivity (Wildman–Crippen MR) is 112 cm³/mol. The van der Waals surface area contributed by atoms with Gasteiger partial charge >= 0.3 is 5.97 Å². The number of Topliss-reactive ketones (excluding diaryl/α,β-unsaturated/α-hetero) is 1. The molecule has 5 unspecified atom stereocenters. The highest BCUT2D eigenvalue weighted by atomic mass is 16.6. The summed E-state index contributed by atoms with van der Waals surface area (Å²) in [7, 11) is 0. The van der Waals surface area contributed by atoms with Crippen LogP contribution in [0.15, 0.2) is 23.3 Å². The molecule has 1 spiro atoms. The van der Waals surface area contributed by atoms with E-state index in [0.29, 0.717) is 18.4 Å². The maximum absolute atomic E-state index is 14.2. The highest BCUT2D eigenvalue weighted by molar-refractivity contribution is 5.95. The lowest BCUT2D eigenvalue weighted by Gasteiger charge is -2.48. The van der Waals surface area contributed by atoms with Crippen molar-refractivity contribution in [2.24, 2.45) is 28.6 Å². The molecule has 2 bridgehead atoms. The van der Waals surface area contributed by atoms with E-state index in [1.54, 1.807) is 19.1 Å². The zero-order chi connectivity index (χ0) is 22.6. The standard InChI is InChI=1S/C24H36O6/c1-7-8-18(26)30-21-13(2)11-23-15(4)9-14(3)22(5,6)17(20(23)28)10-16(12-25)19(27)24(21,23)29/h10-11,14-15,17,19,21,25,27,29H,7-9,12H2,1-6H3/t14?,15-,17?,19-,21?,23?,24?/m1/s1. The summed E-state index contributed by atoms with van der Waals surface area (Å²) in [5.41, 5.74) is -3.15. The Labute approximate surface area is 179 Å². The van der Waals surface area contributed by atoms with Gasteiger partial charge < -0.3 is 20.1 Å². The van der Waals surface area contributed by atoms with Crippen molar-refractivity contribution >= 4 is 11.8 Å². The fourth-order valence-electron chi connectivity index (χ4n) is 6.05. The minimum atomic E-state index is -2.07. The number of aliphatic hydroxyl groups is 3. The molecular formula is C24H36O6. The van der Waals surface area contributed by atoms with E-state index in [1.165, 1.54) is 0 Å². The molecule has 3 aliphatic rings. The monoisotopic (exact) mass is 420 g/mol. The van der Waals surface area contributed by atoms with E-state index in [0.717, 1.165) is 0 Å². The minimum Gasteiger partial charge on any atom is -0.455 e. The van der Waals surface area contributed by atoms with Crippen molar-refractivity contribution in [2.45, 2.75) is 78.6 Å². The van der Waals surface area contributed by atoms with Gasteiger partial charge in [0.1, 0.15) is 6.10 Å². The molecule has 0 aliphatic heterocycles. The first-order chi connectivity index (χ1) is 13.9. The van der Waals surface area contributed by atoms with E-state index in [-0.39, 0.29) is 29.6 Å². The molecule has 0 radical (unpaired) electrons. The Hall–Kier alpha value is -1.50. The maximum Gasteiger partial charge on any atom is 0.306 e. The summed E-state index contributed by atoms with van der Waals surface area (Å²) >= 11 is 0. The summed E-state index contributed by atoms with van der Waals surface area (Å²) in [6.45, 7) is 11.2. The van der Waals surface area contributed by atoms with Crippen molar-refractivity contribution in [3.05, 3.63) is 23.3 Å². The third-order valence-corrected chi connectivity index (χ3v) is 8.21. The van der Waals surface area contributed by atoms with Gasteiger partial charge in [0.05, 0.1) is 12.0 Å². The summed E-state index contributed by atoms with van der Waals surface area (Å²) in [5.74, 6) is -1.38. The Morgan fingerprint density at radius 3 is 2.47 bits per heavy atom. The van der Waals surface area contributed by atoms with Gasteiger partial charge in [0.25, 0.3) is 0 Å². The summed E-state index contributed by atoms with van der Waals surface area (Å²) in [6, 6.07) is 0. The van der Waals surface area contributed by atoms with Gasteiger partial charge in [0.15, 0.2) is 17.5 Å². The third-order valence-electron chi connectivity index (χ3n) is 8.21. The largest absolute Gasteiger partial charge is 0.455 e. The first kappa shape index (κ1) is 23.2. The van der Waals surface area contributed by atoms with Gasteiger partial charge in [-0.1, -0.05) is 46.8 Å². The van der Waals surface area contributed by atoms with Gasteiger partial charge in [-0.05, 0) is 48.2 Å². The van der Waals surface area contributed by atoms with Gasteiger partial charge in [0, 0.05) is 12.3 Å². The molecule has 0 saturated heterocycles. The van der Waals surface area contributed by atoms with Gasteiger partial charge in [-0.2, -0.15) is 0 Å². The Morgan fingerprint density at radius 1 is 1.27 bits per heavy atom. The van der Waals surface area contributed by atoms with Crippen LogP contribution in [0.5, 0.6) is 0 Å². The van der Waals surface area contributed by atoms with E-state index in [1.807, 2.05) is 27.7 Å². The molecule has 30 heavy (non-hydrogen) atoms. The molecular weight excluding hydrogens is 384 g/mol. The molecule has 3 N–H and O–H groups in total. The van der Waals surface area contributed by atoms with E-state index in [9.17, 15) is 24.9 Å². The Kier molecular flexibility index (Phi) is 5.85. The number of esters is 1. The molecule has 0 heterocycles. The molecule has 0 aromatic rings. The van der Waals surface area contributed by atoms with Gasteiger partial charge in [-0.25, -0.2) is 0 Å². The smallest absolute Gasteiger partial charge is 0.306 e. The topological polar surface area (TPSA) is 104 Å². The summed E-state index contributed by atoms with van der Waals surface area (Å²) in [5, 5.41) is 33.6. The molecule has 6 heteroatoms. The number of allylic oxidation sites excluding steroid dienone is 1. The molecule has 168 valence electrons. The number of carbonyl (C=O) groups is 2.